The number of benzene rings is 1. The normalized spacial score (nSPS) is 17.3. The van der Waals surface area contributed by atoms with Crippen LogP contribution in [0.5, 0.6) is 0 Å². The molecule has 0 saturated carbocycles. The zero-order valence-corrected chi connectivity index (χ0v) is 10.6. The Labute approximate surface area is 107 Å². The Morgan fingerprint density at radius 2 is 2.24 bits per heavy atom. The lowest BCUT2D eigenvalue weighted by molar-refractivity contribution is -0.123. The van der Waals surface area contributed by atoms with Gasteiger partial charge in [-0.3, -0.25) is 4.79 Å². The number of carbonyl (C=O) groups is 1. The van der Waals surface area contributed by atoms with Crippen molar-refractivity contribution in [2.45, 2.75) is 19.4 Å². The lowest BCUT2D eigenvalue weighted by Gasteiger charge is -2.27. The molecule has 0 aliphatic carbocycles. The molecule has 0 radical (unpaired) electrons. The Morgan fingerprint density at radius 1 is 1.53 bits per heavy atom. The second-order valence-corrected chi connectivity index (χ2v) is 4.95. The minimum absolute atomic E-state index is 0.0377. The van der Waals surface area contributed by atoms with Gasteiger partial charge in [-0.05, 0) is 37.6 Å². The Morgan fingerprint density at radius 3 is 2.82 bits per heavy atom. The monoisotopic (exact) mass is 252 g/mol. The fourth-order valence-corrected chi connectivity index (χ4v) is 2.26. The minimum Gasteiger partial charge on any atom is -0.350 e. The highest BCUT2D eigenvalue weighted by Crippen LogP contribution is 2.22. The average molecular weight is 253 g/mol. The summed E-state index contributed by atoms with van der Waals surface area (Å²) in [7, 11) is 0. The predicted molar refractivity (Wildman–Crippen MR) is 69.0 cm³/mol. The molecule has 1 fully saturated rings. The molecular formula is C13H17ClN2O. The summed E-state index contributed by atoms with van der Waals surface area (Å²) in [5.74, 6) is 0.595. The van der Waals surface area contributed by atoms with Gasteiger partial charge in [-0.1, -0.05) is 29.8 Å². The van der Waals surface area contributed by atoms with Crippen molar-refractivity contribution in [2.75, 3.05) is 13.1 Å². The largest absolute Gasteiger partial charge is 0.350 e. The van der Waals surface area contributed by atoms with E-state index in [2.05, 4.69) is 10.6 Å². The fraction of sp³-hybridized carbons (Fsp3) is 0.462. The van der Waals surface area contributed by atoms with Crippen LogP contribution in [0.25, 0.3) is 0 Å². The van der Waals surface area contributed by atoms with Crippen molar-refractivity contribution in [3.63, 3.8) is 0 Å². The van der Waals surface area contributed by atoms with Gasteiger partial charge in [-0.2, -0.15) is 0 Å². The molecule has 1 amide bonds. The first-order chi connectivity index (χ1) is 8.16. The van der Waals surface area contributed by atoms with Gasteiger partial charge < -0.3 is 10.6 Å². The minimum atomic E-state index is -0.0377. The van der Waals surface area contributed by atoms with Crippen LogP contribution in [0.3, 0.4) is 0 Å². The first-order valence-electron chi connectivity index (χ1n) is 5.91. The summed E-state index contributed by atoms with van der Waals surface area (Å²) in [6.45, 7) is 3.86. The standard InChI is InChI=1S/C13H17ClN2O/c1-9(11-4-2-3-5-12(11)14)16-13(17)6-10-7-15-8-10/h2-5,9-10,15H,6-8H2,1H3,(H,16,17)/t9-/m1/s1. The molecule has 1 saturated heterocycles. The first kappa shape index (κ1) is 12.4. The maximum absolute atomic E-state index is 11.8. The van der Waals surface area contributed by atoms with Crippen LogP contribution in [0.15, 0.2) is 24.3 Å². The SMILES string of the molecule is C[C@@H](NC(=O)CC1CNC1)c1ccccc1Cl. The molecule has 1 atom stereocenters. The Balaban J connectivity index is 1.89. The highest BCUT2D eigenvalue weighted by atomic mass is 35.5. The fourth-order valence-electron chi connectivity index (χ4n) is 1.96. The second kappa shape index (κ2) is 5.52. The van der Waals surface area contributed by atoms with Crippen molar-refractivity contribution < 1.29 is 4.79 Å². The summed E-state index contributed by atoms with van der Waals surface area (Å²) < 4.78 is 0. The summed E-state index contributed by atoms with van der Waals surface area (Å²) in [5.41, 5.74) is 0.967. The number of hydrogen-bond acceptors (Lipinski definition) is 2. The van der Waals surface area contributed by atoms with E-state index in [0.717, 1.165) is 18.7 Å². The van der Waals surface area contributed by atoms with E-state index in [1.54, 1.807) is 0 Å². The molecule has 2 N–H and O–H groups in total. The third-order valence-electron chi connectivity index (χ3n) is 3.09. The Kier molecular flexibility index (Phi) is 4.02. The maximum Gasteiger partial charge on any atom is 0.220 e. The van der Waals surface area contributed by atoms with Crippen LogP contribution in [0, 0.1) is 5.92 Å². The summed E-state index contributed by atoms with van der Waals surface area (Å²) in [6.07, 6.45) is 0.599. The van der Waals surface area contributed by atoms with Crippen molar-refractivity contribution in [1.29, 1.82) is 0 Å². The van der Waals surface area contributed by atoms with Crippen LogP contribution in [-0.4, -0.2) is 19.0 Å². The van der Waals surface area contributed by atoms with E-state index >= 15 is 0 Å². The molecule has 0 aromatic heterocycles. The summed E-state index contributed by atoms with van der Waals surface area (Å²) >= 11 is 6.09. The van der Waals surface area contributed by atoms with Crippen LogP contribution in [-0.2, 0) is 4.79 Å². The van der Waals surface area contributed by atoms with Gasteiger partial charge >= 0.3 is 0 Å². The van der Waals surface area contributed by atoms with Crippen molar-refractivity contribution in [2.24, 2.45) is 5.92 Å². The van der Waals surface area contributed by atoms with Crippen LogP contribution in [0.1, 0.15) is 24.9 Å². The molecular weight excluding hydrogens is 236 g/mol. The number of halogens is 1. The molecule has 1 aliphatic rings. The molecule has 0 unspecified atom stereocenters. The molecule has 1 aromatic carbocycles. The van der Waals surface area contributed by atoms with Gasteiger partial charge in [-0.25, -0.2) is 0 Å². The zero-order chi connectivity index (χ0) is 12.3. The molecule has 3 nitrogen and oxygen atoms in total. The van der Waals surface area contributed by atoms with Gasteiger partial charge in [0, 0.05) is 11.4 Å². The number of nitrogens with one attached hydrogen (secondary N) is 2. The molecule has 1 aromatic rings. The summed E-state index contributed by atoms with van der Waals surface area (Å²) in [4.78, 5) is 11.8. The van der Waals surface area contributed by atoms with E-state index < -0.39 is 0 Å². The van der Waals surface area contributed by atoms with Gasteiger partial charge in [0.2, 0.25) is 5.91 Å². The van der Waals surface area contributed by atoms with Crippen LogP contribution < -0.4 is 10.6 Å². The molecule has 2 rings (SSSR count). The van der Waals surface area contributed by atoms with Gasteiger partial charge in [0.25, 0.3) is 0 Å². The van der Waals surface area contributed by atoms with Crippen molar-refractivity contribution in [1.82, 2.24) is 10.6 Å². The summed E-state index contributed by atoms with van der Waals surface area (Å²) in [6, 6.07) is 7.57. The molecule has 92 valence electrons. The topological polar surface area (TPSA) is 41.1 Å². The average Bonchev–Trinajstić information content (AvgIpc) is 2.24. The van der Waals surface area contributed by atoms with Crippen LogP contribution in [0.2, 0.25) is 5.02 Å². The van der Waals surface area contributed by atoms with Gasteiger partial charge in [0.15, 0.2) is 0 Å². The van der Waals surface area contributed by atoms with Crippen LogP contribution in [0.4, 0.5) is 0 Å². The second-order valence-electron chi connectivity index (χ2n) is 4.54. The third kappa shape index (κ3) is 3.20. The maximum atomic E-state index is 11.8. The van der Waals surface area contributed by atoms with Crippen molar-refractivity contribution in [3.8, 4) is 0 Å². The zero-order valence-electron chi connectivity index (χ0n) is 9.87. The van der Waals surface area contributed by atoms with E-state index in [1.165, 1.54) is 0 Å². The van der Waals surface area contributed by atoms with Crippen molar-refractivity contribution in [3.05, 3.63) is 34.9 Å². The Hall–Kier alpha value is -1.06. The summed E-state index contributed by atoms with van der Waals surface area (Å²) in [5, 5.41) is 6.84. The van der Waals surface area contributed by atoms with Crippen LogP contribution >= 0.6 is 11.6 Å². The number of amides is 1. The van der Waals surface area contributed by atoms with E-state index in [4.69, 9.17) is 11.6 Å². The van der Waals surface area contributed by atoms with Crippen molar-refractivity contribution >= 4 is 17.5 Å². The number of rotatable bonds is 4. The van der Waals surface area contributed by atoms with Gasteiger partial charge in [0.05, 0.1) is 6.04 Å². The third-order valence-corrected chi connectivity index (χ3v) is 3.43. The molecule has 17 heavy (non-hydrogen) atoms. The quantitative estimate of drug-likeness (QED) is 0.862. The predicted octanol–water partition coefficient (Wildman–Crippen LogP) is 2.13. The van der Waals surface area contributed by atoms with E-state index in [1.807, 2.05) is 31.2 Å². The molecule has 0 bridgehead atoms. The highest BCUT2D eigenvalue weighted by Gasteiger charge is 2.21. The highest BCUT2D eigenvalue weighted by molar-refractivity contribution is 6.31. The van der Waals surface area contributed by atoms with E-state index in [-0.39, 0.29) is 11.9 Å². The molecule has 4 heteroatoms. The number of hydrogen-bond donors (Lipinski definition) is 2. The number of carbonyl (C=O) groups excluding carboxylic acids is 1. The Bertz CT molecular complexity index is 404. The van der Waals surface area contributed by atoms with E-state index in [0.29, 0.717) is 17.4 Å². The lowest BCUT2D eigenvalue weighted by Crippen LogP contribution is -2.44. The molecule has 0 spiro atoms. The van der Waals surface area contributed by atoms with Gasteiger partial charge in [0.1, 0.15) is 0 Å². The van der Waals surface area contributed by atoms with E-state index in [9.17, 15) is 4.79 Å². The molecule has 1 aliphatic heterocycles. The van der Waals surface area contributed by atoms with Gasteiger partial charge in [-0.15, -0.1) is 0 Å². The molecule has 1 heterocycles. The smallest absolute Gasteiger partial charge is 0.220 e. The first-order valence-corrected chi connectivity index (χ1v) is 6.29. The lowest BCUT2D eigenvalue weighted by atomic mass is 9.98.